The van der Waals surface area contributed by atoms with E-state index in [1.54, 1.807) is 22.5 Å². The average molecular weight is 330 g/mol. The molecule has 0 spiro atoms. The molecule has 0 amide bonds. The van der Waals surface area contributed by atoms with Gasteiger partial charge in [-0.3, -0.25) is 0 Å². The maximum Gasteiger partial charge on any atom is 0.243 e. The summed E-state index contributed by atoms with van der Waals surface area (Å²) in [5, 5.41) is 0. The zero-order valence-electron chi connectivity index (χ0n) is 10.5. The molecule has 1 aliphatic heterocycles. The minimum absolute atomic E-state index is 0.373. The minimum Gasteiger partial charge on any atom is -0.207 e. The summed E-state index contributed by atoms with van der Waals surface area (Å²) in [7, 11) is -3.36. The fourth-order valence-electron chi connectivity index (χ4n) is 2.01. The monoisotopic (exact) mass is 329 g/mol. The predicted molar refractivity (Wildman–Crippen MR) is 76.0 cm³/mol. The number of sulfonamides is 1. The molecule has 0 aliphatic carbocycles. The molecule has 1 aromatic carbocycles. The van der Waals surface area contributed by atoms with Gasteiger partial charge in [-0.1, -0.05) is 27.6 Å². The van der Waals surface area contributed by atoms with Gasteiger partial charge in [0.15, 0.2) is 0 Å². The van der Waals surface area contributed by atoms with Crippen molar-refractivity contribution in [3.63, 3.8) is 0 Å². The van der Waals surface area contributed by atoms with Gasteiger partial charge in [0.2, 0.25) is 10.0 Å². The van der Waals surface area contributed by atoms with Crippen LogP contribution in [0.15, 0.2) is 39.2 Å². The molecule has 0 saturated carbocycles. The number of hydrogen-bond acceptors (Lipinski definition) is 2. The first-order chi connectivity index (χ1) is 8.41. The van der Waals surface area contributed by atoms with Gasteiger partial charge in [0.05, 0.1) is 4.90 Å². The molecule has 0 radical (unpaired) electrons. The molecular weight excluding hydrogens is 314 g/mol. The van der Waals surface area contributed by atoms with Crippen LogP contribution in [0.4, 0.5) is 0 Å². The van der Waals surface area contributed by atoms with Gasteiger partial charge < -0.3 is 0 Å². The smallest absolute Gasteiger partial charge is 0.207 e. The van der Waals surface area contributed by atoms with Gasteiger partial charge in [0.25, 0.3) is 0 Å². The normalized spacial score (nSPS) is 17.6. The van der Waals surface area contributed by atoms with Gasteiger partial charge in [-0.25, -0.2) is 8.42 Å². The quantitative estimate of drug-likeness (QED) is 0.782. The zero-order valence-corrected chi connectivity index (χ0v) is 12.9. The Hall–Kier alpha value is -0.650. The number of benzene rings is 1. The van der Waals surface area contributed by atoms with Crippen LogP contribution in [0.25, 0.3) is 0 Å². The molecule has 1 aromatic rings. The van der Waals surface area contributed by atoms with Gasteiger partial charge in [-0.2, -0.15) is 4.31 Å². The van der Waals surface area contributed by atoms with E-state index in [0.717, 1.165) is 22.0 Å². The number of hydrogen-bond donors (Lipinski definition) is 0. The van der Waals surface area contributed by atoms with Gasteiger partial charge in [-0.05, 0) is 44.0 Å². The van der Waals surface area contributed by atoms with E-state index in [2.05, 4.69) is 22.0 Å². The summed E-state index contributed by atoms with van der Waals surface area (Å²) in [6.07, 6.45) is 2.89. The summed E-state index contributed by atoms with van der Waals surface area (Å²) in [5.74, 6) is 0. The predicted octanol–water partition coefficient (Wildman–Crippen LogP) is 3.10. The molecule has 2 rings (SSSR count). The van der Waals surface area contributed by atoms with Crippen molar-refractivity contribution in [2.45, 2.75) is 25.2 Å². The Bertz CT molecular complexity index is 593. The van der Waals surface area contributed by atoms with Gasteiger partial charge in [-0.15, -0.1) is 0 Å². The maximum atomic E-state index is 12.5. The molecule has 0 fully saturated rings. The first-order valence-electron chi connectivity index (χ1n) is 5.83. The van der Waals surface area contributed by atoms with Crippen LogP contribution in [-0.4, -0.2) is 25.8 Å². The molecule has 5 heteroatoms. The Morgan fingerprint density at radius 3 is 2.61 bits per heavy atom. The molecule has 3 nitrogen and oxygen atoms in total. The molecule has 98 valence electrons. The fourth-order valence-corrected chi connectivity index (χ4v) is 3.84. The first kappa shape index (κ1) is 13.8. The van der Waals surface area contributed by atoms with E-state index < -0.39 is 10.0 Å². The average Bonchev–Trinajstić information content (AvgIpc) is 2.32. The van der Waals surface area contributed by atoms with Crippen molar-refractivity contribution in [2.24, 2.45) is 0 Å². The Labute approximate surface area is 117 Å². The number of aryl methyl sites for hydroxylation is 1. The highest BCUT2D eigenvalue weighted by Gasteiger charge is 2.26. The number of halogens is 1. The summed E-state index contributed by atoms with van der Waals surface area (Å²) >= 11 is 3.38. The van der Waals surface area contributed by atoms with E-state index >= 15 is 0 Å². The third-order valence-corrected chi connectivity index (χ3v) is 5.80. The molecule has 0 N–H and O–H groups in total. The topological polar surface area (TPSA) is 37.4 Å². The van der Waals surface area contributed by atoms with E-state index in [1.807, 2.05) is 13.8 Å². The SMILES string of the molecule is CC1=CCCN(S(=O)(=O)c2ccc(Br)c(C)c2)C1. The van der Waals surface area contributed by atoms with Crippen molar-refractivity contribution in [1.29, 1.82) is 0 Å². The third-order valence-electron chi connectivity index (χ3n) is 3.06. The highest BCUT2D eigenvalue weighted by molar-refractivity contribution is 9.10. The Kier molecular flexibility index (Phi) is 3.94. The van der Waals surface area contributed by atoms with Crippen molar-refractivity contribution < 1.29 is 8.42 Å². The van der Waals surface area contributed by atoms with Gasteiger partial charge in [0.1, 0.15) is 0 Å². The van der Waals surface area contributed by atoms with Crippen molar-refractivity contribution in [2.75, 3.05) is 13.1 Å². The molecular formula is C13H16BrNO2S. The highest BCUT2D eigenvalue weighted by Crippen LogP contribution is 2.24. The molecule has 18 heavy (non-hydrogen) atoms. The summed E-state index contributed by atoms with van der Waals surface area (Å²) in [6, 6.07) is 5.15. The third kappa shape index (κ3) is 2.68. The fraction of sp³-hybridized carbons (Fsp3) is 0.385. The second-order valence-corrected chi connectivity index (χ2v) is 7.38. The van der Waals surface area contributed by atoms with Crippen LogP contribution in [0.5, 0.6) is 0 Å². The lowest BCUT2D eigenvalue weighted by Crippen LogP contribution is -2.35. The van der Waals surface area contributed by atoms with Crippen LogP contribution in [0, 0.1) is 6.92 Å². The number of rotatable bonds is 2. The molecule has 0 aromatic heterocycles. The molecule has 0 atom stereocenters. The molecule has 1 heterocycles. The Morgan fingerprint density at radius 1 is 1.28 bits per heavy atom. The summed E-state index contributed by atoms with van der Waals surface area (Å²) < 4.78 is 27.4. The molecule has 1 aliphatic rings. The maximum absolute atomic E-state index is 12.5. The summed E-state index contributed by atoms with van der Waals surface area (Å²) in [4.78, 5) is 0.373. The van der Waals surface area contributed by atoms with Crippen LogP contribution in [0.3, 0.4) is 0 Å². The largest absolute Gasteiger partial charge is 0.243 e. The Morgan fingerprint density at radius 2 is 2.00 bits per heavy atom. The minimum atomic E-state index is -3.36. The zero-order chi connectivity index (χ0) is 13.3. The van der Waals surface area contributed by atoms with Crippen molar-refractivity contribution >= 4 is 26.0 Å². The van der Waals surface area contributed by atoms with Crippen LogP contribution in [-0.2, 0) is 10.0 Å². The van der Waals surface area contributed by atoms with Gasteiger partial charge in [0, 0.05) is 17.6 Å². The first-order valence-corrected chi connectivity index (χ1v) is 8.06. The summed E-state index contributed by atoms with van der Waals surface area (Å²) in [6.45, 7) is 4.92. The lowest BCUT2D eigenvalue weighted by atomic mass is 10.2. The van der Waals surface area contributed by atoms with Crippen LogP contribution < -0.4 is 0 Å². The lowest BCUT2D eigenvalue weighted by molar-refractivity contribution is 0.428. The molecule has 0 unspecified atom stereocenters. The summed E-state index contributed by atoms with van der Waals surface area (Å²) in [5.41, 5.74) is 2.04. The second-order valence-electron chi connectivity index (χ2n) is 4.59. The van der Waals surface area contributed by atoms with Crippen LogP contribution in [0.2, 0.25) is 0 Å². The van der Waals surface area contributed by atoms with E-state index in [4.69, 9.17) is 0 Å². The molecule has 0 bridgehead atoms. The van der Waals surface area contributed by atoms with E-state index in [0.29, 0.717) is 18.0 Å². The standard InChI is InChI=1S/C13H16BrNO2S/c1-10-4-3-7-15(9-10)18(16,17)12-5-6-13(14)11(2)8-12/h4-6,8H,3,7,9H2,1-2H3. The van der Waals surface area contributed by atoms with Crippen molar-refractivity contribution in [3.05, 3.63) is 39.9 Å². The van der Waals surface area contributed by atoms with Crippen LogP contribution in [0.1, 0.15) is 18.9 Å². The van der Waals surface area contributed by atoms with E-state index in [9.17, 15) is 8.42 Å². The number of nitrogens with zero attached hydrogens (tertiary/aromatic N) is 1. The molecule has 0 saturated heterocycles. The van der Waals surface area contributed by atoms with Crippen LogP contribution >= 0.6 is 15.9 Å². The highest BCUT2D eigenvalue weighted by atomic mass is 79.9. The van der Waals surface area contributed by atoms with Crippen molar-refractivity contribution in [1.82, 2.24) is 4.31 Å². The van der Waals surface area contributed by atoms with Gasteiger partial charge >= 0.3 is 0 Å². The second kappa shape index (κ2) is 5.15. The Balaban J connectivity index is 2.36. The van der Waals surface area contributed by atoms with E-state index in [1.165, 1.54) is 0 Å². The van der Waals surface area contributed by atoms with Crippen molar-refractivity contribution in [3.8, 4) is 0 Å². The van der Waals surface area contributed by atoms with E-state index in [-0.39, 0.29) is 0 Å². The lowest BCUT2D eigenvalue weighted by Gasteiger charge is -2.25.